The lowest BCUT2D eigenvalue weighted by Gasteiger charge is -2.13. The minimum atomic E-state index is -1.15. The van der Waals surface area contributed by atoms with Gasteiger partial charge >= 0.3 is 6.09 Å². The number of aryl methyl sites for hydroxylation is 2. The molecule has 0 saturated carbocycles. The fourth-order valence-electron chi connectivity index (χ4n) is 4.18. The first kappa shape index (κ1) is 28.7. The molecular formula is C28H31N7O6. The highest BCUT2D eigenvalue weighted by Gasteiger charge is 2.21. The van der Waals surface area contributed by atoms with Crippen LogP contribution in [-0.2, 0) is 19.7 Å². The van der Waals surface area contributed by atoms with Crippen molar-refractivity contribution in [1.82, 2.24) is 24.6 Å². The summed E-state index contributed by atoms with van der Waals surface area (Å²) in [5.74, 6) is 0.138. The summed E-state index contributed by atoms with van der Waals surface area (Å²) in [6.07, 6.45) is 2.21. The topological polar surface area (TPSA) is 176 Å². The fourth-order valence-corrected chi connectivity index (χ4v) is 4.18. The van der Waals surface area contributed by atoms with E-state index in [2.05, 4.69) is 20.7 Å². The molecule has 0 saturated heterocycles. The Hall–Kier alpha value is -5.33. The molecule has 2 aromatic carbocycles. The number of amides is 3. The van der Waals surface area contributed by atoms with Gasteiger partial charge in [-0.25, -0.2) is 9.78 Å². The molecule has 0 spiro atoms. The van der Waals surface area contributed by atoms with Gasteiger partial charge in [-0.1, -0.05) is 24.3 Å². The highest BCUT2D eigenvalue weighted by Crippen LogP contribution is 2.32. The quantitative estimate of drug-likeness (QED) is 0.190. The molecule has 214 valence electrons. The smallest absolute Gasteiger partial charge is 0.404 e. The lowest BCUT2D eigenvalue weighted by atomic mass is 10.1. The average Bonchev–Trinajstić information content (AvgIpc) is 3.51. The Morgan fingerprint density at radius 1 is 1.12 bits per heavy atom. The molecule has 0 bridgehead atoms. The first-order valence-electron chi connectivity index (χ1n) is 12.8. The molecule has 2 aromatic heterocycles. The van der Waals surface area contributed by atoms with E-state index >= 15 is 0 Å². The van der Waals surface area contributed by atoms with Crippen molar-refractivity contribution in [2.45, 2.75) is 33.5 Å². The Morgan fingerprint density at radius 3 is 2.54 bits per heavy atom. The van der Waals surface area contributed by atoms with Gasteiger partial charge in [0.1, 0.15) is 29.3 Å². The lowest BCUT2D eigenvalue weighted by Crippen LogP contribution is -2.21. The van der Waals surface area contributed by atoms with E-state index in [9.17, 15) is 14.4 Å². The van der Waals surface area contributed by atoms with Crippen LogP contribution < -0.4 is 25.8 Å². The van der Waals surface area contributed by atoms with Gasteiger partial charge in [-0.3, -0.25) is 19.6 Å². The average molecular weight is 562 g/mol. The number of primary amides is 1. The van der Waals surface area contributed by atoms with E-state index in [4.69, 9.17) is 20.3 Å². The second-order valence-corrected chi connectivity index (χ2v) is 8.99. The Balaban J connectivity index is 1.75. The number of allylic oxidation sites excluding steroid dienone is 1. The number of aromatic nitrogens is 4. The Morgan fingerprint density at radius 2 is 1.88 bits per heavy atom. The number of carboxylic acid groups (broad SMARTS) is 1. The molecule has 3 amide bonds. The molecular weight excluding hydrogens is 530 g/mol. The highest BCUT2D eigenvalue weighted by atomic mass is 16.5. The third-order valence-electron chi connectivity index (χ3n) is 6.13. The number of carbonyl (C=O) groups excluding carboxylic acids is 2. The predicted octanol–water partition coefficient (Wildman–Crippen LogP) is 3.32. The molecule has 0 unspecified atom stereocenters. The van der Waals surface area contributed by atoms with Gasteiger partial charge < -0.3 is 30.2 Å². The van der Waals surface area contributed by atoms with Crippen LogP contribution in [0.2, 0.25) is 0 Å². The van der Waals surface area contributed by atoms with Crippen LogP contribution >= 0.6 is 0 Å². The minimum absolute atomic E-state index is 0.0886. The number of ether oxygens (including phenoxy) is 2. The number of hydrogen-bond acceptors (Lipinski definition) is 7. The van der Waals surface area contributed by atoms with Crippen molar-refractivity contribution in [3.63, 3.8) is 0 Å². The highest BCUT2D eigenvalue weighted by molar-refractivity contribution is 6.04. The molecule has 4 aromatic rings. The summed E-state index contributed by atoms with van der Waals surface area (Å²) in [7, 11) is 1.58. The Kier molecular flexibility index (Phi) is 8.87. The van der Waals surface area contributed by atoms with Crippen LogP contribution in [0.25, 0.3) is 11.0 Å². The normalized spacial score (nSPS) is 11.1. The number of nitrogens with two attached hydrogens (primary N) is 1. The van der Waals surface area contributed by atoms with Crippen molar-refractivity contribution >= 4 is 34.9 Å². The number of methoxy groups -OCH3 is 1. The monoisotopic (exact) mass is 561 g/mol. The molecule has 0 atom stereocenters. The van der Waals surface area contributed by atoms with Crippen molar-refractivity contribution in [2.24, 2.45) is 5.73 Å². The van der Waals surface area contributed by atoms with Crippen LogP contribution in [0, 0.1) is 6.92 Å². The van der Waals surface area contributed by atoms with E-state index in [1.54, 1.807) is 41.5 Å². The maximum Gasteiger partial charge on any atom is 0.404 e. The van der Waals surface area contributed by atoms with Crippen molar-refractivity contribution in [3.05, 3.63) is 77.1 Å². The molecule has 5 N–H and O–H groups in total. The van der Waals surface area contributed by atoms with Crippen molar-refractivity contribution in [3.8, 4) is 11.5 Å². The molecule has 0 aliphatic heterocycles. The van der Waals surface area contributed by atoms with Crippen molar-refractivity contribution < 1.29 is 29.0 Å². The van der Waals surface area contributed by atoms with Crippen molar-refractivity contribution in [1.29, 1.82) is 0 Å². The maximum atomic E-state index is 13.3. The van der Waals surface area contributed by atoms with Crippen LogP contribution in [0.3, 0.4) is 0 Å². The predicted molar refractivity (Wildman–Crippen MR) is 151 cm³/mol. The Bertz CT molecular complexity index is 1600. The van der Waals surface area contributed by atoms with Crippen molar-refractivity contribution in [2.75, 3.05) is 19.0 Å². The van der Waals surface area contributed by atoms with E-state index in [0.717, 1.165) is 5.56 Å². The largest absolute Gasteiger partial charge is 0.497 e. The molecule has 0 aliphatic rings. The lowest BCUT2D eigenvalue weighted by molar-refractivity contribution is 0.0995. The van der Waals surface area contributed by atoms with Gasteiger partial charge in [0.25, 0.3) is 5.91 Å². The van der Waals surface area contributed by atoms with Gasteiger partial charge in [0.2, 0.25) is 11.9 Å². The summed E-state index contributed by atoms with van der Waals surface area (Å²) >= 11 is 0. The standard InChI is InChI=1S/C28H31N7O6/c1-4-35-22(13-17(2)33-35)26(37)32-27-31-21-14-19(25(29)36)15-23(41-16-18-7-9-20(40-3)10-8-18)24(21)34(27)12-6-5-11-30-28(38)39/h5-10,13-15,30H,4,11-12,16H2,1-3H3,(H2,29,36)(H,38,39)(H,31,32,37). The third-order valence-corrected chi connectivity index (χ3v) is 6.13. The zero-order valence-corrected chi connectivity index (χ0v) is 22.9. The van der Waals surface area contributed by atoms with E-state index < -0.39 is 17.9 Å². The molecule has 2 heterocycles. The summed E-state index contributed by atoms with van der Waals surface area (Å²) in [6.45, 7) is 4.64. The number of rotatable bonds is 12. The molecule has 0 fully saturated rings. The number of hydrogen-bond donors (Lipinski definition) is 4. The van der Waals surface area contributed by atoms with E-state index in [1.165, 1.54) is 12.1 Å². The number of imidazole rings is 1. The molecule has 13 nitrogen and oxygen atoms in total. The van der Waals surface area contributed by atoms with Crippen LogP contribution in [0.1, 0.15) is 39.0 Å². The van der Waals surface area contributed by atoms with E-state index in [1.807, 2.05) is 31.2 Å². The minimum Gasteiger partial charge on any atom is -0.497 e. The van der Waals surface area contributed by atoms with Crippen LogP contribution in [0.15, 0.2) is 54.6 Å². The molecule has 13 heteroatoms. The summed E-state index contributed by atoms with van der Waals surface area (Å²) in [5.41, 5.74) is 8.57. The number of benzene rings is 2. The Labute approximate surface area is 235 Å². The number of carbonyl (C=O) groups is 3. The zero-order chi connectivity index (χ0) is 29.5. The molecule has 0 radical (unpaired) electrons. The van der Waals surface area contributed by atoms with Gasteiger partial charge in [-0.15, -0.1) is 0 Å². The summed E-state index contributed by atoms with van der Waals surface area (Å²) in [6, 6.07) is 12.1. The van der Waals surface area contributed by atoms with Gasteiger partial charge in [-0.2, -0.15) is 5.10 Å². The third kappa shape index (κ3) is 6.82. The first-order chi connectivity index (χ1) is 19.7. The summed E-state index contributed by atoms with van der Waals surface area (Å²) < 4.78 is 14.7. The fraction of sp³-hybridized carbons (Fsp3) is 0.250. The van der Waals surface area contributed by atoms with Gasteiger partial charge in [0.05, 0.1) is 18.3 Å². The van der Waals surface area contributed by atoms with Gasteiger partial charge in [0.15, 0.2) is 0 Å². The molecule has 0 aliphatic carbocycles. The molecule has 41 heavy (non-hydrogen) atoms. The molecule has 4 rings (SSSR count). The number of fused-ring (bicyclic) bond motifs is 1. The van der Waals surface area contributed by atoms with Crippen LogP contribution in [-0.4, -0.2) is 56.0 Å². The van der Waals surface area contributed by atoms with Gasteiger partial charge in [0, 0.05) is 25.2 Å². The summed E-state index contributed by atoms with van der Waals surface area (Å²) in [4.78, 5) is 40.8. The second-order valence-electron chi connectivity index (χ2n) is 8.99. The number of nitrogens with zero attached hydrogens (tertiary/aromatic N) is 4. The van der Waals surface area contributed by atoms with Gasteiger partial charge in [-0.05, 0) is 49.7 Å². The maximum absolute atomic E-state index is 13.3. The summed E-state index contributed by atoms with van der Waals surface area (Å²) in [5, 5.41) is 18.3. The number of anilines is 1. The SMILES string of the molecule is CCn1nc(C)cc1C(=O)Nc1nc2cc(C(N)=O)cc(OCc3ccc(OC)cc3)c2n1CC=CCNC(=O)O. The van der Waals surface area contributed by atoms with Crippen LogP contribution in [0.5, 0.6) is 11.5 Å². The second kappa shape index (κ2) is 12.7. The van der Waals surface area contributed by atoms with E-state index in [0.29, 0.717) is 40.5 Å². The first-order valence-corrected chi connectivity index (χ1v) is 12.8. The van der Waals surface area contributed by atoms with Crippen LogP contribution in [0.4, 0.5) is 10.7 Å². The zero-order valence-electron chi connectivity index (χ0n) is 22.9. The van der Waals surface area contributed by atoms with E-state index in [-0.39, 0.29) is 31.2 Å². The number of nitrogens with one attached hydrogen (secondary N) is 2.